The number of amides is 2. The van der Waals surface area contributed by atoms with E-state index in [-0.39, 0.29) is 11.3 Å². The standard InChI is InChI=1S/C10H8F3N3O4/c11-10(12,13)4-20-9(19)8(18)16-6-1-5(7(14)17)2-15-3-6/h1-3H,4H2,(H2,14,17)(H,16,18). The van der Waals surface area contributed by atoms with Crippen molar-refractivity contribution in [2.45, 2.75) is 6.18 Å². The van der Waals surface area contributed by atoms with Gasteiger partial charge in [-0.2, -0.15) is 13.2 Å². The topological polar surface area (TPSA) is 111 Å². The fourth-order valence-electron chi connectivity index (χ4n) is 1.04. The van der Waals surface area contributed by atoms with E-state index < -0.39 is 30.6 Å². The summed E-state index contributed by atoms with van der Waals surface area (Å²) in [5.74, 6) is -3.97. The summed E-state index contributed by atoms with van der Waals surface area (Å²) in [6.07, 6.45) is -2.55. The molecule has 3 N–H and O–H groups in total. The van der Waals surface area contributed by atoms with Crippen molar-refractivity contribution >= 4 is 23.5 Å². The smallest absolute Gasteiger partial charge is 0.422 e. The zero-order chi connectivity index (χ0) is 15.3. The van der Waals surface area contributed by atoms with Crippen LogP contribution in [-0.2, 0) is 14.3 Å². The van der Waals surface area contributed by atoms with Gasteiger partial charge in [-0.05, 0) is 6.07 Å². The van der Waals surface area contributed by atoms with Crippen molar-refractivity contribution in [2.24, 2.45) is 5.73 Å². The van der Waals surface area contributed by atoms with E-state index >= 15 is 0 Å². The van der Waals surface area contributed by atoms with Gasteiger partial charge in [0.15, 0.2) is 6.61 Å². The molecule has 0 spiro atoms. The molecule has 0 saturated heterocycles. The quantitative estimate of drug-likeness (QED) is 0.611. The molecule has 0 fully saturated rings. The number of nitrogens with zero attached hydrogens (tertiary/aromatic N) is 1. The molecule has 1 aromatic heterocycles. The molecular formula is C10H8F3N3O4. The van der Waals surface area contributed by atoms with Gasteiger partial charge in [-0.25, -0.2) is 4.79 Å². The molecule has 0 unspecified atom stereocenters. The largest absolute Gasteiger partial charge is 0.449 e. The van der Waals surface area contributed by atoms with E-state index in [0.29, 0.717) is 0 Å². The molecule has 108 valence electrons. The number of hydrogen-bond acceptors (Lipinski definition) is 5. The highest BCUT2D eigenvalue weighted by molar-refractivity contribution is 6.37. The van der Waals surface area contributed by atoms with Crippen molar-refractivity contribution in [3.05, 3.63) is 24.0 Å². The van der Waals surface area contributed by atoms with E-state index in [1.54, 1.807) is 0 Å². The van der Waals surface area contributed by atoms with Gasteiger partial charge in [0.05, 0.1) is 17.4 Å². The van der Waals surface area contributed by atoms with Crippen LogP contribution in [-0.4, -0.2) is 35.6 Å². The van der Waals surface area contributed by atoms with Gasteiger partial charge in [0.2, 0.25) is 5.91 Å². The molecule has 0 bridgehead atoms. The van der Waals surface area contributed by atoms with Crippen molar-refractivity contribution in [3.8, 4) is 0 Å². The van der Waals surface area contributed by atoms with Gasteiger partial charge in [-0.1, -0.05) is 0 Å². The van der Waals surface area contributed by atoms with E-state index in [1.165, 1.54) is 0 Å². The van der Waals surface area contributed by atoms with E-state index in [0.717, 1.165) is 18.5 Å². The SMILES string of the molecule is NC(=O)c1cncc(NC(=O)C(=O)OCC(F)(F)F)c1. The van der Waals surface area contributed by atoms with Crippen LogP contribution in [0.5, 0.6) is 0 Å². The predicted octanol–water partition coefficient (Wildman–Crippen LogP) is 0.224. The lowest BCUT2D eigenvalue weighted by atomic mass is 10.2. The molecule has 0 aliphatic heterocycles. The first-order chi connectivity index (χ1) is 9.19. The minimum atomic E-state index is -4.73. The highest BCUT2D eigenvalue weighted by Crippen LogP contribution is 2.14. The number of ether oxygens (including phenoxy) is 1. The Hall–Kier alpha value is -2.65. The highest BCUT2D eigenvalue weighted by Gasteiger charge is 2.31. The number of halogens is 3. The van der Waals surface area contributed by atoms with Crippen LogP contribution in [0.4, 0.5) is 18.9 Å². The average molecular weight is 291 g/mol. The van der Waals surface area contributed by atoms with Crippen LogP contribution in [0.25, 0.3) is 0 Å². The normalized spacial score (nSPS) is 10.8. The van der Waals surface area contributed by atoms with E-state index in [4.69, 9.17) is 5.73 Å². The molecule has 0 aliphatic rings. The average Bonchev–Trinajstić information content (AvgIpc) is 2.35. The minimum absolute atomic E-state index is 0.0496. The van der Waals surface area contributed by atoms with E-state index in [2.05, 4.69) is 9.72 Å². The lowest BCUT2D eigenvalue weighted by molar-refractivity contribution is -0.186. The molecule has 0 aliphatic carbocycles. The Kier molecular flexibility index (Phi) is 4.62. The molecular weight excluding hydrogens is 283 g/mol. The second kappa shape index (κ2) is 5.99. The molecule has 0 radical (unpaired) electrons. The molecule has 1 aromatic rings. The first-order valence-corrected chi connectivity index (χ1v) is 4.99. The zero-order valence-corrected chi connectivity index (χ0v) is 9.73. The van der Waals surface area contributed by atoms with Crippen LogP contribution in [0.3, 0.4) is 0 Å². The maximum absolute atomic E-state index is 11.8. The van der Waals surface area contributed by atoms with Gasteiger partial charge in [-0.15, -0.1) is 0 Å². The fourth-order valence-corrected chi connectivity index (χ4v) is 1.04. The molecule has 7 nitrogen and oxygen atoms in total. The number of nitrogens with one attached hydrogen (secondary N) is 1. The van der Waals surface area contributed by atoms with Crippen LogP contribution in [0.2, 0.25) is 0 Å². The maximum atomic E-state index is 11.8. The Bertz CT molecular complexity index is 545. The Morgan fingerprint density at radius 1 is 1.30 bits per heavy atom. The Morgan fingerprint density at radius 3 is 2.50 bits per heavy atom. The third-order valence-corrected chi connectivity index (χ3v) is 1.83. The van der Waals surface area contributed by atoms with Crippen LogP contribution in [0.15, 0.2) is 18.5 Å². The summed E-state index contributed by atoms with van der Waals surface area (Å²) < 4.78 is 39.1. The lowest BCUT2D eigenvalue weighted by Crippen LogP contribution is -2.29. The van der Waals surface area contributed by atoms with Crippen LogP contribution >= 0.6 is 0 Å². The van der Waals surface area contributed by atoms with Gasteiger partial charge in [0.25, 0.3) is 0 Å². The third-order valence-electron chi connectivity index (χ3n) is 1.83. The van der Waals surface area contributed by atoms with E-state index in [1.807, 2.05) is 5.32 Å². The second-order valence-electron chi connectivity index (χ2n) is 3.47. The number of carbonyl (C=O) groups excluding carboxylic acids is 3. The number of aromatic nitrogens is 1. The summed E-state index contributed by atoms with van der Waals surface area (Å²) in [4.78, 5) is 36.6. The molecule has 0 atom stereocenters. The summed E-state index contributed by atoms with van der Waals surface area (Å²) in [7, 11) is 0. The number of nitrogens with two attached hydrogens (primary N) is 1. The summed E-state index contributed by atoms with van der Waals surface area (Å²) in [6, 6.07) is 1.10. The van der Waals surface area contributed by atoms with Crippen molar-refractivity contribution in [2.75, 3.05) is 11.9 Å². The maximum Gasteiger partial charge on any atom is 0.422 e. The summed E-state index contributed by atoms with van der Waals surface area (Å²) in [5.41, 5.74) is 4.82. The minimum Gasteiger partial charge on any atom is -0.449 e. The van der Waals surface area contributed by atoms with Crippen LogP contribution < -0.4 is 11.1 Å². The van der Waals surface area contributed by atoms with Gasteiger partial charge in [0, 0.05) is 6.20 Å². The number of hydrogen-bond donors (Lipinski definition) is 2. The van der Waals surface area contributed by atoms with Crippen molar-refractivity contribution in [1.82, 2.24) is 4.98 Å². The highest BCUT2D eigenvalue weighted by atomic mass is 19.4. The number of primary amides is 1. The van der Waals surface area contributed by atoms with E-state index in [9.17, 15) is 27.6 Å². The second-order valence-corrected chi connectivity index (χ2v) is 3.47. The van der Waals surface area contributed by atoms with Crippen molar-refractivity contribution < 1.29 is 32.3 Å². The molecule has 20 heavy (non-hydrogen) atoms. The Labute approximate surface area is 109 Å². The fraction of sp³-hybridized carbons (Fsp3) is 0.200. The van der Waals surface area contributed by atoms with Crippen LogP contribution in [0, 0.1) is 0 Å². The first-order valence-electron chi connectivity index (χ1n) is 4.99. The number of alkyl halides is 3. The Balaban J connectivity index is 2.64. The monoisotopic (exact) mass is 291 g/mol. The number of rotatable bonds is 3. The summed E-state index contributed by atoms with van der Waals surface area (Å²) in [5, 5.41) is 1.92. The number of carbonyl (C=O) groups is 3. The third kappa shape index (κ3) is 4.92. The number of pyridine rings is 1. The first kappa shape index (κ1) is 15.4. The molecule has 0 aromatic carbocycles. The summed E-state index contributed by atoms with van der Waals surface area (Å²) >= 11 is 0. The van der Waals surface area contributed by atoms with Gasteiger partial charge < -0.3 is 15.8 Å². The molecule has 2 amide bonds. The molecule has 1 rings (SSSR count). The lowest BCUT2D eigenvalue weighted by Gasteiger charge is -2.08. The Morgan fingerprint density at radius 2 is 1.95 bits per heavy atom. The van der Waals surface area contributed by atoms with Gasteiger partial charge in [0.1, 0.15) is 0 Å². The van der Waals surface area contributed by atoms with Crippen LogP contribution in [0.1, 0.15) is 10.4 Å². The van der Waals surface area contributed by atoms with Gasteiger partial charge >= 0.3 is 18.1 Å². The van der Waals surface area contributed by atoms with Crippen molar-refractivity contribution in [3.63, 3.8) is 0 Å². The zero-order valence-electron chi connectivity index (χ0n) is 9.73. The number of anilines is 1. The van der Waals surface area contributed by atoms with Crippen molar-refractivity contribution in [1.29, 1.82) is 0 Å². The molecule has 0 saturated carbocycles. The molecule has 1 heterocycles. The number of esters is 1. The summed E-state index contributed by atoms with van der Waals surface area (Å²) in [6.45, 7) is -1.88. The predicted molar refractivity (Wildman–Crippen MR) is 58.4 cm³/mol. The van der Waals surface area contributed by atoms with Gasteiger partial charge in [-0.3, -0.25) is 14.6 Å². The molecule has 10 heteroatoms.